The van der Waals surface area contributed by atoms with Crippen LogP contribution in [0.2, 0.25) is 0 Å². The lowest BCUT2D eigenvalue weighted by Gasteiger charge is -2.42. The van der Waals surface area contributed by atoms with Crippen molar-refractivity contribution < 1.29 is 79.4 Å². The Morgan fingerprint density at radius 1 is 0.475 bits per heavy atom. The molecule has 2 rings (SSSR count). The summed E-state index contributed by atoms with van der Waals surface area (Å²) in [5, 5.41) is 0. The average Bonchev–Trinajstić information content (AvgIpc) is 2.79. The topological polar surface area (TPSA) is 61.3 Å². The van der Waals surface area contributed by atoms with E-state index in [1.807, 2.05) is 0 Å². The van der Waals surface area contributed by atoms with Crippen LogP contribution >= 0.6 is 0 Å². The number of nitrogen functional groups attached to an aromatic ring is 2. The highest BCUT2D eigenvalue weighted by Gasteiger charge is 2.95. The molecule has 2 aromatic carbocycles. The summed E-state index contributed by atoms with van der Waals surface area (Å²) in [5.41, 5.74) is 8.52. The van der Waals surface area contributed by atoms with Gasteiger partial charge in [-0.1, -0.05) is 0 Å². The first-order chi connectivity index (χ1) is 17.6. The molecule has 3 nitrogen and oxygen atoms in total. The molecule has 2 aromatic rings. The van der Waals surface area contributed by atoms with E-state index < -0.39 is 58.9 Å². The Morgan fingerprint density at radius 3 is 1.27 bits per heavy atom. The van der Waals surface area contributed by atoms with Gasteiger partial charge in [0.05, 0.1) is 5.69 Å². The van der Waals surface area contributed by atoms with Crippen molar-refractivity contribution in [2.24, 2.45) is 0 Å². The number of anilines is 2. The predicted molar refractivity (Wildman–Crippen MR) is 101 cm³/mol. The summed E-state index contributed by atoms with van der Waals surface area (Å²) in [6.07, 6.45) is -7.81. The maximum absolute atomic E-state index is 14.3. The number of benzene rings is 2. The van der Waals surface area contributed by atoms with E-state index >= 15 is 0 Å². The molecule has 4 N–H and O–H groups in total. The summed E-state index contributed by atoms with van der Waals surface area (Å²) >= 11 is 0. The van der Waals surface area contributed by atoms with Gasteiger partial charge in [-0.25, -0.2) is 0 Å². The highest BCUT2D eigenvalue weighted by molar-refractivity contribution is 5.61. The van der Waals surface area contributed by atoms with Gasteiger partial charge in [0, 0.05) is 11.3 Å². The maximum atomic E-state index is 14.3. The van der Waals surface area contributed by atoms with E-state index in [1.54, 1.807) is 0 Å². The number of hydrogen-bond donors (Lipinski definition) is 2. The van der Waals surface area contributed by atoms with E-state index in [4.69, 9.17) is 16.2 Å². The van der Waals surface area contributed by atoms with Crippen molar-refractivity contribution in [1.29, 1.82) is 0 Å². The lowest BCUT2D eigenvalue weighted by Crippen LogP contribution is -2.74. The molecule has 0 amide bonds. The molecule has 0 heterocycles. The van der Waals surface area contributed by atoms with E-state index in [0.717, 1.165) is 12.1 Å². The van der Waals surface area contributed by atoms with Crippen LogP contribution in [-0.4, -0.2) is 41.7 Å². The number of halogens is 17. The van der Waals surface area contributed by atoms with Gasteiger partial charge in [-0.05, 0) is 42.5 Å². The van der Waals surface area contributed by atoms with Gasteiger partial charge in [-0.2, -0.15) is 74.6 Å². The van der Waals surface area contributed by atoms with Crippen molar-refractivity contribution in [3.8, 4) is 11.5 Å². The minimum Gasteiger partial charge on any atom is -0.455 e. The molecule has 0 unspecified atom stereocenters. The summed E-state index contributed by atoms with van der Waals surface area (Å²) < 4.78 is 233. The Hall–Kier alpha value is -3.35. The van der Waals surface area contributed by atoms with Crippen molar-refractivity contribution in [2.75, 3.05) is 11.5 Å². The van der Waals surface area contributed by atoms with Crippen molar-refractivity contribution >= 4 is 11.4 Å². The number of alkyl halides is 17. The third-order valence-electron chi connectivity index (χ3n) is 5.20. The Kier molecular flexibility index (Phi) is 7.68. The van der Waals surface area contributed by atoms with Crippen molar-refractivity contribution in [3.05, 3.63) is 48.0 Å². The van der Waals surface area contributed by atoms with Crippen LogP contribution in [0, 0.1) is 0 Å². The number of ether oxygens (including phenoxy) is 1. The number of rotatable bonds is 9. The lowest BCUT2D eigenvalue weighted by molar-refractivity contribution is -0.462. The fourth-order valence-corrected chi connectivity index (χ4v) is 2.86. The van der Waals surface area contributed by atoms with Crippen LogP contribution in [0.1, 0.15) is 5.56 Å². The third kappa shape index (κ3) is 4.57. The van der Waals surface area contributed by atoms with Crippen LogP contribution in [0.5, 0.6) is 11.5 Å². The molecule has 0 aliphatic heterocycles. The molecule has 0 aliphatic carbocycles. The minimum absolute atomic E-state index is 0.116. The van der Waals surface area contributed by atoms with E-state index in [2.05, 4.69) is 0 Å². The first-order valence-corrected chi connectivity index (χ1v) is 9.76. The van der Waals surface area contributed by atoms with Gasteiger partial charge in [-0.3, -0.25) is 0 Å². The second kappa shape index (κ2) is 9.35. The minimum atomic E-state index is -8.68. The monoisotopic (exact) mass is 618 g/mol. The Balaban J connectivity index is 2.51. The summed E-state index contributed by atoms with van der Waals surface area (Å²) in [6.45, 7) is 0. The van der Waals surface area contributed by atoms with Gasteiger partial charge in [0.15, 0.2) is 0 Å². The quantitative estimate of drug-likeness (QED) is 0.221. The molecule has 0 aromatic heterocycles. The normalized spacial score (nSPS) is 14.8. The molecule has 0 spiro atoms. The van der Waals surface area contributed by atoms with E-state index in [9.17, 15) is 74.6 Å². The van der Waals surface area contributed by atoms with Crippen LogP contribution in [0.25, 0.3) is 0 Å². The first kappa shape index (κ1) is 32.9. The van der Waals surface area contributed by atoms with Crippen LogP contribution in [-0.2, 0) is 5.92 Å². The van der Waals surface area contributed by atoms with Gasteiger partial charge in [-0.15, -0.1) is 0 Å². The molecule has 0 aliphatic rings. The fourth-order valence-electron chi connectivity index (χ4n) is 2.86. The van der Waals surface area contributed by atoms with Gasteiger partial charge < -0.3 is 16.2 Å². The standard InChI is InChI=1S/C20H11F17N2O/c21-13(22,8-1-4-10(5-2-8)40-12-6-3-9(38)7-11(12)39)14(23,24)15(25,26)16(27,28)17(29,30)18(31,32)19(33,34)20(35,36)37/h1-7H,38-39H2. The van der Waals surface area contributed by atoms with Crippen LogP contribution in [0.15, 0.2) is 42.5 Å². The third-order valence-corrected chi connectivity index (χ3v) is 5.20. The molecule has 0 saturated carbocycles. The highest BCUT2D eigenvalue weighted by atomic mass is 19.4. The highest BCUT2D eigenvalue weighted by Crippen LogP contribution is 2.65. The second-order valence-electron chi connectivity index (χ2n) is 7.94. The number of hydrogen-bond acceptors (Lipinski definition) is 3. The molecule has 0 saturated heterocycles. The summed E-state index contributed by atoms with van der Waals surface area (Å²) in [7, 11) is 0. The lowest BCUT2D eigenvalue weighted by atomic mass is 9.87. The SMILES string of the molecule is Nc1ccc(Oc2ccc(C(F)(F)C(F)(F)C(F)(F)C(F)(F)C(F)(F)C(F)(F)C(F)(F)C(F)(F)F)cc2)c(N)c1. The predicted octanol–water partition coefficient (Wildman–Crippen LogP) is 8.11. The number of nitrogens with two attached hydrogens (primary N) is 2. The molecule has 40 heavy (non-hydrogen) atoms. The molecular weight excluding hydrogens is 607 g/mol. The van der Waals surface area contributed by atoms with Gasteiger partial charge in [0.25, 0.3) is 0 Å². The van der Waals surface area contributed by atoms with Crippen molar-refractivity contribution in [2.45, 2.75) is 47.6 Å². The summed E-state index contributed by atoms with van der Waals surface area (Å²) in [4.78, 5) is 0. The van der Waals surface area contributed by atoms with E-state index in [1.165, 1.54) is 6.07 Å². The first-order valence-electron chi connectivity index (χ1n) is 9.76. The smallest absolute Gasteiger partial charge is 0.455 e. The largest absolute Gasteiger partial charge is 0.460 e. The molecule has 20 heteroatoms. The van der Waals surface area contributed by atoms with Gasteiger partial charge in [0.1, 0.15) is 11.5 Å². The summed E-state index contributed by atoms with van der Waals surface area (Å²) in [5.74, 6) is -57.7. The zero-order chi connectivity index (χ0) is 31.5. The maximum Gasteiger partial charge on any atom is 0.460 e. The Bertz CT molecular complexity index is 1220. The van der Waals surface area contributed by atoms with Crippen LogP contribution in [0.3, 0.4) is 0 Å². The zero-order valence-electron chi connectivity index (χ0n) is 18.5. The summed E-state index contributed by atoms with van der Waals surface area (Å²) in [6, 6.07) is 3.69. The fraction of sp³-hybridized carbons (Fsp3) is 0.400. The Morgan fingerprint density at radius 2 is 0.875 bits per heavy atom. The van der Waals surface area contributed by atoms with Gasteiger partial charge >= 0.3 is 47.6 Å². The van der Waals surface area contributed by atoms with Crippen molar-refractivity contribution in [1.82, 2.24) is 0 Å². The molecule has 226 valence electrons. The van der Waals surface area contributed by atoms with E-state index in [-0.39, 0.29) is 29.3 Å². The zero-order valence-corrected chi connectivity index (χ0v) is 18.5. The molecule has 0 atom stereocenters. The molecule has 0 bridgehead atoms. The second-order valence-corrected chi connectivity index (χ2v) is 7.94. The molecule has 0 radical (unpaired) electrons. The molecular formula is C20H11F17N2O. The van der Waals surface area contributed by atoms with Gasteiger partial charge in [0.2, 0.25) is 0 Å². The Labute approximate surface area is 210 Å². The van der Waals surface area contributed by atoms with Crippen LogP contribution < -0.4 is 16.2 Å². The molecule has 0 fully saturated rings. The van der Waals surface area contributed by atoms with Crippen LogP contribution in [0.4, 0.5) is 86.0 Å². The van der Waals surface area contributed by atoms with E-state index in [0.29, 0.717) is 12.1 Å². The average molecular weight is 618 g/mol. The van der Waals surface area contributed by atoms with Crippen molar-refractivity contribution in [3.63, 3.8) is 0 Å².